The number of nitrogens with zero attached hydrogens (tertiary/aromatic N) is 1. The number of likely N-dealkylation sites (tertiary alicyclic amines) is 1. The quantitative estimate of drug-likeness (QED) is 0.868. The van der Waals surface area contributed by atoms with E-state index in [1.165, 1.54) is 0 Å². The summed E-state index contributed by atoms with van der Waals surface area (Å²) in [6, 6.07) is 4.01. The smallest absolute Gasteiger partial charge is 0.244 e. The maximum Gasteiger partial charge on any atom is 0.244 e. The molecule has 128 valence electrons. The topological polar surface area (TPSA) is 66.5 Å². The highest BCUT2D eigenvalue weighted by Gasteiger charge is 2.48. The predicted molar refractivity (Wildman–Crippen MR) is 91.5 cm³/mol. The van der Waals surface area contributed by atoms with E-state index in [1.54, 1.807) is 0 Å². The molecular weight excluding hydrogens is 304 g/mol. The highest BCUT2D eigenvalue weighted by atomic mass is 16.2. The van der Waals surface area contributed by atoms with Crippen molar-refractivity contribution >= 4 is 23.4 Å². The van der Waals surface area contributed by atoms with Crippen LogP contribution in [0.3, 0.4) is 0 Å². The van der Waals surface area contributed by atoms with Crippen molar-refractivity contribution in [3.05, 3.63) is 28.8 Å². The van der Waals surface area contributed by atoms with Crippen molar-refractivity contribution < 1.29 is 14.4 Å². The molecule has 1 aromatic rings. The number of amides is 3. The molecule has 5 nitrogen and oxygen atoms in total. The fraction of sp³-hybridized carbons (Fsp3) is 0.526. The van der Waals surface area contributed by atoms with E-state index < -0.39 is 0 Å². The minimum atomic E-state index is -0.314. The molecule has 0 bridgehead atoms. The molecule has 3 amide bonds. The minimum absolute atomic E-state index is 0.169. The molecular formula is C19H24N2O3. The Hall–Kier alpha value is -2.17. The third kappa shape index (κ3) is 2.95. The molecule has 2 fully saturated rings. The molecule has 0 spiro atoms. The molecule has 1 aliphatic heterocycles. The summed E-state index contributed by atoms with van der Waals surface area (Å²) in [5.41, 5.74) is 3.86. The van der Waals surface area contributed by atoms with Gasteiger partial charge in [-0.15, -0.1) is 0 Å². The molecule has 5 heteroatoms. The second-order valence-electron chi connectivity index (χ2n) is 7.08. The summed E-state index contributed by atoms with van der Waals surface area (Å²) in [4.78, 5) is 38.4. The normalized spacial score (nSPS) is 23.4. The van der Waals surface area contributed by atoms with E-state index >= 15 is 0 Å². The monoisotopic (exact) mass is 328 g/mol. The van der Waals surface area contributed by atoms with E-state index in [0.717, 1.165) is 53.0 Å². The van der Waals surface area contributed by atoms with Crippen molar-refractivity contribution in [2.45, 2.75) is 46.5 Å². The Labute approximate surface area is 142 Å². The number of benzene rings is 1. The molecule has 1 heterocycles. The van der Waals surface area contributed by atoms with Crippen molar-refractivity contribution in [2.24, 2.45) is 11.8 Å². The Balaban J connectivity index is 1.71. The fourth-order valence-corrected chi connectivity index (χ4v) is 4.09. The number of hydrogen-bond acceptors (Lipinski definition) is 3. The van der Waals surface area contributed by atoms with E-state index in [1.807, 2.05) is 32.9 Å². The summed E-state index contributed by atoms with van der Waals surface area (Å²) in [6.07, 6.45) is 3.51. The Morgan fingerprint density at radius 3 is 2.04 bits per heavy atom. The van der Waals surface area contributed by atoms with Crippen LogP contribution in [0.15, 0.2) is 12.1 Å². The predicted octanol–water partition coefficient (Wildman–Crippen LogP) is 2.73. The second-order valence-corrected chi connectivity index (χ2v) is 7.08. The number of hydrogen-bond donors (Lipinski definition) is 1. The van der Waals surface area contributed by atoms with Crippen molar-refractivity contribution in [2.75, 3.05) is 11.9 Å². The largest absolute Gasteiger partial charge is 0.324 e. The number of fused-ring (bicyclic) bond motifs is 1. The summed E-state index contributed by atoms with van der Waals surface area (Å²) in [5, 5.41) is 2.87. The Kier molecular flexibility index (Phi) is 4.43. The van der Waals surface area contributed by atoms with Gasteiger partial charge < -0.3 is 5.32 Å². The molecule has 1 N–H and O–H groups in total. The van der Waals surface area contributed by atoms with Crippen LogP contribution in [0.2, 0.25) is 0 Å². The van der Waals surface area contributed by atoms with Crippen LogP contribution in [-0.2, 0) is 14.4 Å². The van der Waals surface area contributed by atoms with E-state index in [0.29, 0.717) is 0 Å². The summed E-state index contributed by atoms with van der Waals surface area (Å²) in [6.45, 7) is 5.71. The van der Waals surface area contributed by atoms with Crippen LogP contribution in [0.4, 0.5) is 5.69 Å². The zero-order valence-electron chi connectivity index (χ0n) is 14.5. The van der Waals surface area contributed by atoms with Gasteiger partial charge in [0.15, 0.2) is 0 Å². The first-order valence-electron chi connectivity index (χ1n) is 8.61. The van der Waals surface area contributed by atoms with E-state index in [4.69, 9.17) is 0 Å². The van der Waals surface area contributed by atoms with Gasteiger partial charge in [-0.1, -0.05) is 30.5 Å². The SMILES string of the molecule is Cc1cc(C)c(NC(=O)CN2C(=O)[C@H]3CCCC[C@@H]3C2=O)c(C)c1. The van der Waals surface area contributed by atoms with Gasteiger partial charge in [0.2, 0.25) is 17.7 Å². The van der Waals surface area contributed by atoms with Gasteiger partial charge in [-0.05, 0) is 44.7 Å². The van der Waals surface area contributed by atoms with Gasteiger partial charge in [0.1, 0.15) is 6.54 Å². The minimum Gasteiger partial charge on any atom is -0.324 e. The number of carbonyl (C=O) groups is 3. The van der Waals surface area contributed by atoms with Crippen LogP contribution in [0.25, 0.3) is 0 Å². The number of carbonyl (C=O) groups excluding carboxylic acids is 3. The molecule has 0 radical (unpaired) electrons. The lowest BCUT2D eigenvalue weighted by Crippen LogP contribution is -2.38. The Morgan fingerprint density at radius 1 is 1.04 bits per heavy atom. The van der Waals surface area contributed by atoms with Crippen LogP contribution in [0.5, 0.6) is 0 Å². The molecule has 2 atom stereocenters. The van der Waals surface area contributed by atoms with Crippen LogP contribution in [0, 0.1) is 32.6 Å². The molecule has 1 aromatic carbocycles. The zero-order valence-corrected chi connectivity index (χ0v) is 14.5. The second kappa shape index (κ2) is 6.38. The van der Waals surface area contributed by atoms with Gasteiger partial charge in [0.05, 0.1) is 11.8 Å². The van der Waals surface area contributed by atoms with E-state index in [9.17, 15) is 14.4 Å². The summed E-state index contributed by atoms with van der Waals surface area (Å²) in [7, 11) is 0. The maximum atomic E-state index is 12.4. The van der Waals surface area contributed by atoms with Crippen LogP contribution in [0.1, 0.15) is 42.4 Å². The van der Waals surface area contributed by atoms with Gasteiger partial charge in [-0.3, -0.25) is 19.3 Å². The summed E-state index contributed by atoms with van der Waals surface area (Å²) < 4.78 is 0. The van der Waals surface area contributed by atoms with Crippen molar-refractivity contribution in [1.82, 2.24) is 4.90 Å². The van der Waals surface area contributed by atoms with Crippen molar-refractivity contribution in [3.63, 3.8) is 0 Å². The highest BCUT2D eigenvalue weighted by Crippen LogP contribution is 2.37. The third-order valence-electron chi connectivity index (χ3n) is 5.18. The van der Waals surface area contributed by atoms with Gasteiger partial charge in [-0.25, -0.2) is 0 Å². The molecule has 1 aliphatic carbocycles. The Morgan fingerprint density at radius 2 is 1.54 bits per heavy atom. The van der Waals surface area contributed by atoms with Crippen LogP contribution >= 0.6 is 0 Å². The molecule has 0 aromatic heterocycles. The number of rotatable bonds is 3. The van der Waals surface area contributed by atoms with E-state index in [2.05, 4.69) is 5.32 Å². The molecule has 2 aliphatic rings. The van der Waals surface area contributed by atoms with E-state index in [-0.39, 0.29) is 36.1 Å². The molecule has 24 heavy (non-hydrogen) atoms. The lowest BCUT2D eigenvalue weighted by molar-refractivity contribution is -0.142. The first-order valence-corrected chi connectivity index (χ1v) is 8.61. The van der Waals surface area contributed by atoms with Crippen LogP contribution < -0.4 is 5.32 Å². The standard InChI is InChI=1S/C19H24N2O3/c1-11-8-12(2)17(13(3)9-11)20-16(22)10-21-18(23)14-6-4-5-7-15(14)19(21)24/h8-9,14-15H,4-7,10H2,1-3H3,(H,20,22)/t14-,15-/m0/s1. The fourth-order valence-electron chi connectivity index (χ4n) is 4.09. The lowest BCUT2D eigenvalue weighted by atomic mass is 9.81. The van der Waals surface area contributed by atoms with Gasteiger partial charge in [0, 0.05) is 5.69 Å². The molecule has 1 saturated heterocycles. The highest BCUT2D eigenvalue weighted by molar-refractivity contribution is 6.08. The van der Waals surface area contributed by atoms with Crippen molar-refractivity contribution in [3.8, 4) is 0 Å². The maximum absolute atomic E-state index is 12.4. The molecule has 3 rings (SSSR count). The number of nitrogens with one attached hydrogen (secondary N) is 1. The first kappa shape index (κ1) is 16.7. The average Bonchev–Trinajstić information content (AvgIpc) is 2.76. The van der Waals surface area contributed by atoms with Crippen LogP contribution in [-0.4, -0.2) is 29.2 Å². The van der Waals surface area contributed by atoms with Gasteiger partial charge in [-0.2, -0.15) is 0 Å². The molecule has 1 saturated carbocycles. The van der Waals surface area contributed by atoms with Gasteiger partial charge in [0.25, 0.3) is 0 Å². The molecule has 0 unspecified atom stereocenters. The number of anilines is 1. The Bertz CT molecular complexity index is 664. The zero-order chi connectivity index (χ0) is 17.4. The first-order chi connectivity index (χ1) is 11.4. The average molecular weight is 328 g/mol. The van der Waals surface area contributed by atoms with Gasteiger partial charge >= 0.3 is 0 Å². The summed E-state index contributed by atoms with van der Waals surface area (Å²) in [5.74, 6) is -1.07. The number of imide groups is 1. The number of aryl methyl sites for hydroxylation is 3. The lowest BCUT2D eigenvalue weighted by Gasteiger charge is -2.19. The third-order valence-corrected chi connectivity index (χ3v) is 5.18. The summed E-state index contributed by atoms with van der Waals surface area (Å²) >= 11 is 0. The van der Waals surface area contributed by atoms with Crippen molar-refractivity contribution in [1.29, 1.82) is 0 Å².